The molecule has 5 heteroatoms. The zero-order valence-corrected chi connectivity index (χ0v) is 6.70. The quantitative estimate of drug-likeness (QED) is 0.605. The molecule has 0 spiro atoms. The molecule has 2 heterocycles. The number of nitrogens with zero attached hydrogens (tertiary/aromatic N) is 4. The standard InChI is InChI=1S/C6H11N5/c1-10(2)6-8-5-7-3-4-11(5)9-6/h3-4H2,1-2H3,(H,7,8,9). The van der Waals surface area contributed by atoms with Crippen molar-refractivity contribution < 1.29 is 0 Å². The third-order valence-corrected chi connectivity index (χ3v) is 1.67. The van der Waals surface area contributed by atoms with Crippen molar-refractivity contribution in [3.63, 3.8) is 0 Å². The van der Waals surface area contributed by atoms with Gasteiger partial charge in [0.05, 0.1) is 6.54 Å². The molecule has 0 aromatic carbocycles. The number of aromatic nitrogens is 3. The summed E-state index contributed by atoms with van der Waals surface area (Å²) < 4.78 is 1.88. The maximum atomic E-state index is 4.26. The van der Waals surface area contributed by atoms with E-state index in [1.165, 1.54) is 0 Å². The van der Waals surface area contributed by atoms with Crippen LogP contribution in [-0.2, 0) is 6.54 Å². The van der Waals surface area contributed by atoms with E-state index in [0.717, 1.165) is 25.0 Å². The molecule has 60 valence electrons. The van der Waals surface area contributed by atoms with Gasteiger partial charge in [-0.2, -0.15) is 4.98 Å². The number of hydrogen-bond acceptors (Lipinski definition) is 4. The molecule has 0 radical (unpaired) electrons. The number of rotatable bonds is 1. The minimum atomic E-state index is 0.771. The normalized spacial score (nSPS) is 14.4. The SMILES string of the molecule is CN(C)c1nc2n(n1)CCN2. The average Bonchev–Trinajstić information content (AvgIpc) is 2.40. The topological polar surface area (TPSA) is 46.0 Å². The Morgan fingerprint density at radius 1 is 1.55 bits per heavy atom. The van der Waals surface area contributed by atoms with Crippen molar-refractivity contribution in [2.75, 3.05) is 30.9 Å². The molecule has 2 rings (SSSR count). The Balaban J connectivity index is 2.34. The number of nitrogens with one attached hydrogen (secondary N) is 1. The van der Waals surface area contributed by atoms with E-state index in [1.807, 2.05) is 23.7 Å². The van der Waals surface area contributed by atoms with E-state index >= 15 is 0 Å². The first-order valence-electron chi connectivity index (χ1n) is 3.63. The Labute approximate surface area is 65.0 Å². The molecule has 0 atom stereocenters. The zero-order valence-electron chi connectivity index (χ0n) is 6.70. The Kier molecular flexibility index (Phi) is 1.24. The molecule has 1 aliphatic heterocycles. The molecule has 5 nitrogen and oxygen atoms in total. The predicted molar refractivity (Wildman–Crippen MR) is 42.8 cm³/mol. The van der Waals surface area contributed by atoms with Crippen LogP contribution in [0.5, 0.6) is 0 Å². The fourth-order valence-electron chi connectivity index (χ4n) is 1.08. The lowest BCUT2D eigenvalue weighted by Gasteiger charge is -2.04. The van der Waals surface area contributed by atoms with Gasteiger partial charge in [-0.25, -0.2) is 4.68 Å². The first-order valence-corrected chi connectivity index (χ1v) is 3.63. The van der Waals surface area contributed by atoms with E-state index in [0.29, 0.717) is 0 Å². The van der Waals surface area contributed by atoms with Gasteiger partial charge >= 0.3 is 0 Å². The summed E-state index contributed by atoms with van der Waals surface area (Å²) in [4.78, 5) is 6.15. The van der Waals surface area contributed by atoms with E-state index < -0.39 is 0 Å². The van der Waals surface area contributed by atoms with Gasteiger partial charge in [0.15, 0.2) is 0 Å². The summed E-state index contributed by atoms with van der Waals surface area (Å²) in [6.45, 7) is 1.87. The molecule has 1 aromatic heterocycles. The molecule has 0 amide bonds. The molecule has 0 aliphatic carbocycles. The highest BCUT2D eigenvalue weighted by molar-refractivity contribution is 5.38. The second kappa shape index (κ2) is 2.11. The molecule has 11 heavy (non-hydrogen) atoms. The monoisotopic (exact) mass is 153 g/mol. The highest BCUT2D eigenvalue weighted by Crippen LogP contribution is 2.14. The van der Waals surface area contributed by atoms with Crippen LogP contribution in [0, 0.1) is 0 Å². The summed E-state index contributed by atoms with van der Waals surface area (Å²) in [6.07, 6.45) is 0. The van der Waals surface area contributed by atoms with Crippen LogP contribution in [0.4, 0.5) is 11.9 Å². The van der Waals surface area contributed by atoms with Gasteiger partial charge < -0.3 is 10.2 Å². The fourth-order valence-corrected chi connectivity index (χ4v) is 1.08. The van der Waals surface area contributed by atoms with E-state index in [2.05, 4.69) is 15.4 Å². The second-order valence-electron chi connectivity index (χ2n) is 2.78. The minimum absolute atomic E-state index is 0.771. The van der Waals surface area contributed by atoms with Gasteiger partial charge in [-0.3, -0.25) is 0 Å². The molecule has 1 aliphatic rings. The summed E-state index contributed by atoms with van der Waals surface area (Å²) in [6, 6.07) is 0. The lowest BCUT2D eigenvalue weighted by Crippen LogP contribution is -2.12. The third-order valence-electron chi connectivity index (χ3n) is 1.67. The molecule has 0 bridgehead atoms. The summed E-state index contributed by atoms with van der Waals surface area (Å²) in [5.41, 5.74) is 0. The first-order chi connectivity index (χ1) is 5.27. The summed E-state index contributed by atoms with van der Waals surface area (Å²) in [5.74, 6) is 1.65. The molecule has 0 unspecified atom stereocenters. The van der Waals surface area contributed by atoms with Gasteiger partial charge in [0.25, 0.3) is 0 Å². The van der Waals surface area contributed by atoms with Crippen molar-refractivity contribution >= 4 is 11.9 Å². The summed E-state index contributed by atoms with van der Waals surface area (Å²) >= 11 is 0. The third kappa shape index (κ3) is 0.923. The number of anilines is 2. The van der Waals surface area contributed by atoms with Crippen molar-refractivity contribution in [2.24, 2.45) is 0 Å². The van der Waals surface area contributed by atoms with Crippen molar-refractivity contribution in [3.05, 3.63) is 0 Å². The van der Waals surface area contributed by atoms with Crippen LogP contribution in [0.2, 0.25) is 0 Å². The molecule has 1 aromatic rings. The van der Waals surface area contributed by atoms with Crippen molar-refractivity contribution in [1.82, 2.24) is 14.8 Å². The minimum Gasteiger partial charge on any atom is -0.353 e. The van der Waals surface area contributed by atoms with Gasteiger partial charge in [0.2, 0.25) is 11.9 Å². The molecular weight excluding hydrogens is 142 g/mol. The van der Waals surface area contributed by atoms with Gasteiger partial charge in [0.1, 0.15) is 0 Å². The maximum absolute atomic E-state index is 4.26. The zero-order chi connectivity index (χ0) is 7.84. The van der Waals surface area contributed by atoms with E-state index in [9.17, 15) is 0 Å². The molecule has 0 saturated carbocycles. The number of hydrogen-bond donors (Lipinski definition) is 1. The highest BCUT2D eigenvalue weighted by atomic mass is 15.5. The predicted octanol–water partition coefficient (Wildman–Crippen LogP) is -0.230. The first kappa shape index (κ1) is 6.45. The number of fused-ring (bicyclic) bond motifs is 1. The van der Waals surface area contributed by atoms with Crippen LogP contribution in [0.15, 0.2) is 0 Å². The van der Waals surface area contributed by atoms with Crippen molar-refractivity contribution in [1.29, 1.82) is 0 Å². The van der Waals surface area contributed by atoms with Crippen LogP contribution in [-0.4, -0.2) is 35.4 Å². The van der Waals surface area contributed by atoms with Gasteiger partial charge in [-0.15, -0.1) is 5.10 Å². The summed E-state index contributed by atoms with van der Waals surface area (Å²) in [5, 5.41) is 7.40. The van der Waals surface area contributed by atoms with Crippen molar-refractivity contribution in [3.8, 4) is 0 Å². The smallest absolute Gasteiger partial charge is 0.246 e. The van der Waals surface area contributed by atoms with Crippen LogP contribution >= 0.6 is 0 Å². The van der Waals surface area contributed by atoms with E-state index in [1.54, 1.807) is 0 Å². The van der Waals surface area contributed by atoms with Crippen LogP contribution in [0.1, 0.15) is 0 Å². The van der Waals surface area contributed by atoms with Gasteiger partial charge in [-0.1, -0.05) is 0 Å². The molecule has 0 fully saturated rings. The van der Waals surface area contributed by atoms with E-state index in [-0.39, 0.29) is 0 Å². The van der Waals surface area contributed by atoms with Gasteiger partial charge in [0, 0.05) is 20.6 Å². The van der Waals surface area contributed by atoms with E-state index in [4.69, 9.17) is 0 Å². The van der Waals surface area contributed by atoms with Crippen LogP contribution in [0.25, 0.3) is 0 Å². The Bertz CT molecular complexity index is 242. The van der Waals surface area contributed by atoms with Crippen LogP contribution in [0.3, 0.4) is 0 Å². The fraction of sp³-hybridized carbons (Fsp3) is 0.667. The van der Waals surface area contributed by atoms with Crippen LogP contribution < -0.4 is 10.2 Å². The summed E-state index contributed by atoms with van der Waals surface area (Å²) in [7, 11) is 3.87. The van der Waals surface area contributed by atoms with Crippen molar-refractivity contribution in [2.45, 2.75) is 6.54 Å². The molecule has 1 N–H and O–H groups in total. The van der Waals surface area contributed by atoms with Gasteiger partial charge in [-0.05, 0) is 0 Å². The molecular formula is C6H11N5. The molecule has 0 saturated heterocycles. The average molecular weight is 153 g/mol. The largest absolute Gasteiger partial charge is 0.353 e. The second-order valence-corrected chi connectivity index (χ2v) is 2.78. The Hall–Kier alpha value is -1.26. The lowest BCUT2D eigenvalue weighted by atomic mass is 10.7. The Morgan fingerprint density at radius 3 is 3.00 bits per heavy atom. The lowest BCUT2D eigenvalue weighted by molar-refractivity contribution is 0.694. The Morgan fingerprint density at radius 2 is 2.36 bits per heavy atom. The highest BCUT2D eigenvalue weighted by Gasteiger charge is 2.14. The maximum Gasteiger partial charge on any atom is 0.246 e.